The Balaban J connectivity index is 5.29. The lowest BCUT2D eigenvalue weighted by molar-refractivity contribution is -0.155. The van der Waals surface area contributed by atoms with E-state index in [2.05, 4.69) is 19.9 Å². The second kappa shape index (κ2) is 11.0. The summed E-state index contributed by atoms with van der Waals surface area (Å²) in [6.45, 7) is 10.1. The SMILES string of the molecule is CCCC(C#N)(CC(C)C)CC(CC(=O)OCC)C(=O)OCC. The molecule has 2 atom stereocenters. The molecule has 0 aromatic heterocycles. The van der Waals surface area contributed by atoms with Gasteiger partial charge in [-0.05, 0) is 39.0 Å². The van der Waals surface area contributed by atoms with Crippen molar-refractivity contribution in [2.24, 2.45) is 17.3 Å². The molecule has 0 spiro atoms. The fourth-order valence-corrected chi connectivity index (χ4v) is 3.09. The van der Waals surface area contributed by atoms with Crippen molar-refractivity contribution in [2.45, 2.75) is 66.7 Å². The smallest absolute Gasteiger partial charge is 0.309 e. The van der Waals surface area contributed by atoms with Crippen LogP contribution in [0.1, 0.15) is 66.7 Å². The van der Waals surface area contributed by atoms with Crippen molar-refractivity contribution in [1.29, 1.82) is 5.26 Å². The fourth-order valence-electron chi connectivity index (χ4n) is 3.09. The van der Waals surface area contributed by atoms with Crippen molar-refractivity contribution < 1.29 is 19.1 Å². The molecule has 5 nitrogen and oxygen atoms in total. The summed E-state index contributed by atoms with van der Waals surface area (Å²) in [7, 11) is 0. The summed E-state index contributed by atoms with van der Waals surface area (Å²) >= 11 is 0. The van der Waals surface area contributed by atoms with Gasteiger partial charge in [-0.25, -0.2) is 0 Å². The zero-order valence-corrected chi connectivity index (χ0v) is 15.2. The van der Waals surface area contributed by atoms with Crippen LogP contribution < -0.4 is 0 Å². The lowest BCUT2D eigenvalue weighted by Gasteiger charge is -2.31. The molecule has 5 heteroatoms. The predicted molar refractivity (Wildman–Crippen MR) is 88.4 cm³/mol. The minimum absolute atomic E-state index is 0.0298. The number of rotatable bonds is 11. The zero-order valence-electron chi connectivity index (χ0n) is 15.2. The van der Waals surface area contributed by atoms with E-state index in [-0.39, 0.29) is 19.6 Å². The number of esters is 2. The highest BCUT2D eigenvalue weighted by Gasteiger charge is 2.37. The molecule has 0 saturated carbocycles. The Kier molecular flexibility index (Phi) is 10.3. The van der Waals surface area contributed by atoms with Crippen LogP contribution in [0, 0.1) is 28.6 Å². The average Bonchev–Trinajstić information content (AvgIpc) is 2.46. The second-order valence-electron chi connectivity index (χ2n) is 6.40. The standard InChI is InChI=1S/C18H31NO4/c1-6-9-18(13-19,11-14(4)5)12-15(17(21)23-8-3)10-16(20)22-7-2/h14-15H,6-12H2,1-5H3. The molecule has 0 rings (SSSR count). The minimum atomic E-state index is -0.626. The first-order chi connectivity index (χ1) is 10.8. The summed E-state index contributed by atoms with van der Waals surface area (Å²) in [5.74, 6) is -1.12. The number of hydrogen-bond donors (Lipinski definition) is 0. The maximum Gasteiger partial charge on any atom is 0.309 e. The van der Waals surface area contributed by atoms with Gasteiger partial charge in [-0.15, -0.1) is 0 Å². The van der Waals surface area contributed by atoms with E-state index in [1.54, 1.807) is 13.8 Å². The van der Waals surface area contributed by atoms with Crippen LogP contribution in [-0.2, 0) is 19.1 Å². The van der Waals surface area contributed by atoms with Crippen molar-refractivity contribution in [3.63, 3.8) is 0 Å². The third-order valence-corrected chi connectivity index (χ3v) is 3.74. The summed E-state index contributed by atoms with van der Waals surface area (Å²) in [5, 5.41) is 9.74. The third kappa shape index (κ3) is 8.01. The van der Waals surface area contributed by atoms with Gasteiger partial charge >= 0.3 is 11.9 Å². The molecule has 0 aliphatic carbocycles. The van der Waals surface area contributed by atoms with Crippen LogP contribution in [-0.4, -0.2) is 25.2 Å². The van der Waals surface area contributed by atoms with Crippen LogP contribution >= 0.6 is 0 Å². The molecule has 0 fully saturated rings. The molecule has 0 aromatic rings. The third-order valence-electron chi connectivity index (χ3n) is 3.74. The number of nitriles is 1. The van der Waals surface area contributed by atoms with E-state index < -0.39 is 23.3 Å². The maximum absolute atomic E-state index is 12.2. The normalized spacial score (nSPS) is 14.7. The molecule has 0 aromatic carbocycles. The van der Waals surface area contributed by atoms with Crippen LogP contribution in [0.4, 0.5) is 0 Å². The van der Waals surface area contributed by atoms with E-state index in [9.17, 15) is 14.9 Å². The lowest BCUT2D eigenvalue weighted by Crippen LogP contribution is -2.31. The van der Waals surface area contributed by atoms with Gasteiger partial charge in [0.15, 0.2) is 0 Å². The van der Waals surface area contributed by atoms with E-state index >= 15 is 0 Å². The maximum atomic E-state index is 12.2. The summed E-state index contributed by atoms with van der Waals surface area (Å²) in [4.78, 5) is 24.0. The number of hydrogen-bond acceptors (Lipinski definition) is 5. The molecule has 2 unspecified atom stereocenters. The molecular formula is C18H31NO4. The molecule has 132 valence electrons. The van der Waals surface area contributed by atoms with Crippen molar-refractivity contribution >= 4 is 11.9 Å². The van der Waals surface area contributed by atoms with E-state index in [1.807, 2.05) is 6.92 Å². The largest absolute Gasteiger partial charge is 0.466 e. The summed E-state index contributed by atoms with van der Waals surface area (Å²) in [5.41, 5.74) is -0.604. The van der Waals surface area contributed by atoms with Gasteiger partial charge in [0.2, 0.25) is 0 Å². The molecular weight excluding hydrogens is 294 g/mol. The summed E-state index contributed by atoms with van der Waals surface area (Å²) in [6.07, 6.45) is 2.58. The van der Waals surface area contributed by atoms with E-state index in [0.717, 1.165) is 6.42 Å². The van der Waals surface area contributed by atoms with Gasteiger partial charge in [0.1, 0.15) is 0 Å². The van der Waals surface area contributed by atoms with Gasteiger partial charge < -0.3 is 9.47 Å². The Labute approximate surface area is 140 Å². The van der Waals surface area contributed by atoms with Crippen molar-refractivity contribution in [3.8, 4) is 6.07 Å². The van der Waals surface area contributed by atoms with E-state index in [1.165, 1.54) is 0 Å². The summed E-state index contributed by atoms with van der Waals surface area (Å²) in [6, 6.07) is 2.42. The highest BCUT2D eigenvalue weighted by atomic mass is 16.5. The first-order valence-electron chi connectivity index (χ1n) is 8.57. The van der Waals surface area contributed by atoms with Crippen molar-refractivity contribution in [3.05, 3.63) is 0 Å². The van der Waals surface area contributed by atoms with Crippen molar-refractivity contribution in [2.75, 3.05) is 13.2 Å². The number of carbonyl (C=O) groups is 2. The number of nitrogens with zero attached hydrogens (tertiary/aromatic N) is 1. The minimum Gasteiger partial charge on any atom is -0.466 e. The Morgan fingerprint density at radius 1 is 1.09 bits per heavy atom. The molecule has 0 aliphatic heterocycles. The average molecular weight is 325 g/mol. The molecule has 0 heterocycles. The predicted octanol–water partition coefficient (Wildman–Crippen LogP) is 3.87. The van der Waals surface area contributed by atoms with Gasteiger partial charge in [-0.3, -0.25) is 9.59 Å². The molecule has 0 bridgehead atoms. The Bertz CT molecular complexity index is 414. The van der Waals surface area contributed by atoms with Gasteiger partial charge in [-0.2, -0.15) is 5.26 Å². The Hall–Kier alpha value is -1.57. The molecule has 23 heavy (non-hydrogen) atoms. The molecule has 0 saturated heterocycles. The number of carbonyl (C=O) groups excluding carboxylic acids is 2. The van der Waals surface area contributed by atoms with Crippen molar-refractivity contribution in [1.82, 2.24) is 0 Å². The van der Waals surface area contributed by atoms with E-state index in [4.69, 9.17) is 9.47 Å². The lowest BCUT2D eigenvalue weighted by atomic mass is 9.71. The molecule has 0 aliphatic rings. The van der Waals surface area contributed by atoms with Crippen LogP contribution in [0.3, 0.4) is 0 Å². The van der Waals surface area contributed by atoms with Crippen LogP contribution in [0.25, 0.3) is 0 Å². The molecule has 0 radical (unpaired) electrons. The summed E-state index contributed by atoms with van der Waals surface area (Å²) < 4.78 is 10.1. The van der Waals surface area contributed by atoms with E-state index in [0.29, 0.717) is 25.2 Å². The van der Waals surface area contributed by atoms with Gasteiger partial charge in [0, 0.05) is 0 Å². The first kappa shape index (κ1) is 21.4. The topological polar surface area (TPSA) is 76.4 Å². The monoisotopic (exact) mass is 325 g/mol. The van der Waals surface area contributed by atoms with Crippen LogP contribution in [0.5, 0.6) is 0 Å². The Morgan fingerprint density at radius 3 is 2.13 bits per heavy atom. The van der Waals surface area contributed by atoms with Crippen LogP contribution in [0.15, 0.2) is 0 Å². The second-order valence-corrected chi connectivity index (χ2v) is 6.40. The first-order valence-corrected chi connectivity index (χ1v) is 8.57. The van der Waals surface area contributed by atoms with Gasteiger partial charge in [0.05, 0.1) is 37.0 Å². The quantitative estimate of drug-likeness (QED) is 0.539. The Morgan fingerprint density at radius 2 is 1.70 bits per heavy atom. The molecule has 0 N–H and O–H groups in total. The van der Waals surface area contributed by atoms with Gasteiger partial charge in [-0.1, -0.05) is 27.2 Å². The molecule has 0 amide bonds. The number of ether oxygens (including phenoxy) is 2. The zero-order chi connectivity index (χ0) is 17.9. The van der Waals surface area contributed by atoms with Crippen LogP contribution in [0.2, 0.25) is 0 Å². The fraction of sp³-hybridized carbons (Fsp3) is 0.833. The highest BCUT2D eigenvalue weighted by molar-refractivity contribution is 5.80. The highest BCUT2D eigenvalue weighted by Crippen LogP contribution is 2.39. The van der Waals surface area contributed by atoms with Gasteiger partial charge in [0.25, 0.3) is 0 Å².